The highest BCUT2D eigenvalue weighted by molar-refractivity contribution is 5.79. The third kappa shape index (κ3) is 3.46. The van der Waals surface area contributed by atoms with Gasteiger partial charge in [0, 0.05) is 5.92 Å². The molecule has 1 aromatic carbocycles. The first kappa shape index (κ1) is 14.6. The van der Waals surface area contributed by atoms with Crippen LogP contribution in [0.5, 0.6) is 0 Å². The second-order valence-corrected chi connectivity index (χ2v) is 6.59. The molecular formula is C18H25NO2. The van der Waals surface area contributed by atoms with Crippen LogP contribution in [-0.4, -0.2) is 30.2 Å². The number of ether oxygens (including phenoxy) is 1. The highest BCUT2D eigenvalue weighted by atomic mass is 16.5. The maximum absolute atomic E-state index is 12.7. The van der Waals surface area contributed by atoms with Crippen LogP contribution >= 0.6 is 0 Å². The van der Waals surface area contributed by atoms with Gasteiger partial charge >= 0.3 is 0 Å². The van der Waals surface area contributed by atoms with E-state index in [0.29, 0.717) is 13.3 Å². The van der Waals surface area contributed by atoms with Crippen molar-refractivity contribution in [2.45, 2.75) is 45.1 Å². The second-order valence-electron chi connectivity index (χ2n) is 6.59. The Morgan fingerprint density at radius 2 is 2.10 bits per heavy atom. The largest absolute Gasteiger partial charge is 0.359 e. The molecule has 2 fully saturated rings. The fourth-order valence-corrected chi connectivity index (χ4v) is 3.39. The summed E-state index contributed by atoms with van der Waals surface area (Å²) in [4.78, 5) is 14.6. The standard InChI is InChI=1S/C18H25NO2/c1-14(10-15-8-5-9-15)18(20)19-13-21-12-17(19)11-16-6-3-2-4-7-16/h2-4,6-7,14-15,17H,5,8-13H2,1H3/t14-,17-/m1/s1. The van der Waals surface area contributed by atoms with Crippen molar-refractivity contribution in [1.82, 2.24) is 4.90 Å². The lowest BCUT2D eigenvalue weighted by Gasteiger charge is -2.31. The van der Waals surface area contributed by atoms with Crippen LogP contribution in [0.25, 0.3) is 0 Å². The zero-order chi connectivity index (χ0) is 14.7. The predicted molar refractivity (Wildman–Crippen MR) is 82.7 cm³/mol. The summed E-state index contributed by atoms with van der Waals surface area (Å²) in [5.74, 6) is 1.19. The Labute approximate surface area is 127 Å². The second kappa shape index (κ2) is 6.61. The average Bonchev–Trinajstić information content (AvgIpc) is 2.91. The molecule has 0 bridgehead atoms. The van der Waals surface area contributed by atoms with Gasteiger partial charge < -0.3 is 9.64 Å². The van der Waals surface area contributed by atoms with E-state index in [-0.39, 0.29) is 17.9 Å². The molecule has 0 N–H and O–H groups in total. The number of hydrogen-bond acceptors (Lipinski definition) is 2. The first-order valence-corrected chi connectivity index (χ1v) is 8.16. The zero-order valence-electron chi connectivity index (χ0n) is 12.8. The number of hydrogen-bond donors (Lipinski definition) is 0. The summed E-state index contributed by atoms with van der Waals surface area (Å²) in [6, 6.07) is 10.6. The van der Waals surface area contributed by atoms with Crippen LogP contribution in [0.3, 0.4) is 0 Å². The van der Waals surface area contributed by atoms with Crippen LogP contribution in [0.4, 0.5) is 0 Å². The molecule has 3 heteroatoms. The highest BCUT2D eigenvalue weighted by Gasteiger charge is 2.33. The monoisotopic (exact) mass is 287 g/mol. The molecule has 0 unspecified atom stereocenters. The summed E-state index contributed by atoms with van der Waals surface area (Å²) in [5.41, 5.74) is 1.28. The van der Waals surface area contributed by atoms with E-state index < -0.39 is 0 Å². The Morgan fingerprint density at radius 1 is 1.33 bits per heavy atom. The summed E-state index contributed by atoms with van der Waals surface area (Å²) in [6.07, 6.45) is 5.90. The molecule has 2 atom stereocenters. The van der Waals surface area contributed by atoms with E-state index in [1.165, 1.54) is 24.8 Å². The van der Waals surface area contributed by atoms with Crippen molar-refractivity contribution in [2.24, 2.45) is 11.8 Å². The molecule has 3 nitrogen and oxygen atoms in total. The maximum Gasteiger partial charge on any atom is 0.227 e. The number of carbonyl (C=O) groups is 1. The maximum atomic E-state index is 12.7. The van der Waals surface area contributed by atoms with Gasteiger partial charge in [-0.3, -0.25) is 4.79 Å². The molecule has 1 heterocycles. The van der Waals surface area contributed by atoms with Crippen molar-refractivity contribution in [3.63, 3.8) is 0 Å². The topological polar surface area (TPSA) is 29.5 Å². The van der Waals surface area contributed by atoms with Crippen molar-refractivity contribution < 1.29 is 9.53 Å². The number of carbonyl (C=O) groups excluding carboxylic acids is 1. The first-order chi connectivity index (χ1) is 10.2. The normalized spacial score (nSPS) is 23.9. The summed E-state index contributed by atoms with van der Waals surface area (Å²) in [7, 11) is 0. The molecule has 1 aromatic rings. The van der Waals surface area contributed by atoms with Crippen molar-refractivity contribution >= 4 is 5.91 Å². The third-order valence-electron chi connectivity index (χ3n) is 4.91. The van der Waals surface area contributed by atoms with Crippen molar-refractivity contribution in [3.8, 4) is 0 Å². The van der Waals surface area contributed by atoms with Crippen molar-refractivity contribution in [3.05, 3.63) is 35.9 Å². The third-order valence-corrected chi connectivity index (χ3v) is 4.91. The average molecular weight is 287 g/mol. The Morgan fingerprint density at radius 3 is 2.76 bits per heavy atom. The molecule has 1 saturated carbocycles. The molecule has 2 aliphatic rings. The number of benzene rings is 1. The van der Waals surface area contributed by atoms with E-state index in [2.05, 4.69) is 31.2 Å². The van der Waals surface area contributed by atoms with Crippen LogP contribution in [0.15, 0.2) is 30.3 Å². The lowest BCUT2D eigenvalue weighted by Crippen LogP contribution is -2.41. The van der Waals surface area contributed by atoms with Crippen LogP contribution in [0.2, 0.25) is 0 Å². The van der Waals surface area contributed by atoms with E-state index >= 15 is 0 Å². The molecule has 1 saturated heterocycles. The van der Waals surface area contributed by atoms with Gasteiger partial charge in [-0.1, -0.05) is 56.5 Å². The molecule has 1 aliphatic heterocycles. The lowest BCUT2D eigenvalue weighted by atomic mass is 9.79. The zero-order valence-corrected chi connectivity index (χ0v) is 12.8. The van der Waals surface area contributed by atoms with Gasteiger partial charge in [0.2, 0.25) is 5.91 Å². The van der Waals surface area contributed by atoms with E-state index in [1.807, 2.05) is 11.0 Å². The fourth-order valence-electron chi connectivity index (χ4n) is 3.39. The van der Waals surface area contributed by atoms with E-state index in [1.54, 1.807) is 0 Å². The molecule has 0 spiro atoms. The van der Waals surface area contributed by atoms with Gasteiger partial charge in [0.05, 0.1) is 12.6 Å². The SMILES string of the molecule is C[C@H](CC1CCC1)C(=O)N1COC[C@H]1Cc1ccccc1. The Balaban J connectivity index is 1.58. The van der Waals surface area contributed by atoms with Gasteiger partial charge in [-0.05, 0) is 24.3 Å². The minimum atomic E-state index is 0.135. The van der Waals surface area contributed by atoms with Crippen molar-refractivity contribution in [1.29, 1.82) is 0 Å². The number of rotatable bonds is 5. The minimum absolute atomic E-state index is 0.135. The molecule has 114 valence electrons. The van der Waals surface area contributed by atoms with Crippen molar-refractivity contribution in [2.75, 3.05) is 13.3 Å². The van der Waals surface area contributed by atoms with E-state index in [9.17, 15) is 4.79 Å². The highest BCUT2D eigenvalue weighted by Crippen LogP contribution is 2.33. The molecule has 1 aliphatic carbocycles. The van der Waals surface area contributed by atoms with Gasteiger partial charge in [0.1, 0.15) is 6.73 Å². The summed E-state index contributed by atoms with van der Waals surface area (Å²) in [6.45, 7) is 3.21. The van der Waals surface area contributed by atoms with E-state index in [0.717, 1.165) is 18.8 Å². The smallest absolute Gasteiger partial charge is 0.227 e. The number of amides is 1. The minimum Gasteiger partial charge on any atom is -0.359 e. The van der Waals surface area contributed by atoms with Crippen LogP contribution in [0.1, 0.15) is 38.2 Å². The van der Waals surface area contributed by atoms with Gasteiger partial charge in [0.15, 0.2) is 0 Å². The molecule has 0 aromatic heterocycles. The molecule has 0 radical (unpaired) electrons. The molecule has 3 rings (SSSR count). The van der Waals surface area contributed by atoms with Crippen LogP contribution in [-0.2, 0) is 16.0 Å². The van der Waals surface area contributed by atoms with Gasteiger partial charge in [0.25, 0.3) is 0 Å². The van der Waals surface area contributed by atoms with Gasteiger partial charge in [-0.15, -0.1) is 0 Å². The Bertz CT molecular complexity index is 469. The van der Waals surface area contributed by atoms with E-state index in [4.69, 9.17) is 4.74 Å². The fraction of sp³-hybridized carbons (Fsp3) is 0.611. The van der Waals surface area contributed by atoms with Crippen LogP contribution < -0.4 is 0 Å². The van der Waals surface area contributed by atoms with Crippen LogP contribution in [0, 0.1) is 11.8 Å². The Kier molecular flexibility index (Phi) is 4.59. The summed E-state index contributed by atoms with van der Waals surface area (Å²) >= 11 is 0. The summed E-state index contributed by atoms with van der Waals surface area (Å²) in [5, 5.41) is 0. The Hall–Kier alpha value is -1.35. The van der Waals surface area contributed by atoms with Gasteiger partial charge in [-0.2, -0.15) is 0 Å². The summed E-state index contributed by atoms with van der Waals surface area (Å²) < 4.78 is 5.56. The quantitative estimate of drug-likeness (QED) is 0.832. The molecule has 21 heavy (non-hydrogen) atoms. The molecular weight excluding hydrogens is 262 g/mol. The lowest BCUT2D eigenvalue weighted by molar-refractivity contribution is -0.137. The first-order valence-electron chi connectivity index (χ1n) is 8.16. The van der Waals surface area contributed by atoms with Gasteiger partial charge in [-0.25, -0.2) is 0 Å². The molecule has 1 amide bonds. The number of nitrogens with zero attached hydrogens (tertiary/aromatic N) is 1. The predicted octanol–water partition coefficient (Wildman–Crippen LogP) is 3.24.